The SMILES string of the molecule is CC(=O)C(Sc1ccc(Br)cc1)C(C)=O. The number of benzene rings is 1. The lowest BCUT2D eigenvalue weighted by atomic mass is 10.2. The van der Waals surface area contributed by atoms with E-state index in [2.05, 4.69) is 15.9 Å². The van der Waals surface area contributed by atoms with Crippen LogP contribution in [-0.2, 0) is 9.59 Å². The van der Waals surface area contributed by atoms with E-state index in [0.717, 1.165) is 9.37 Å². The first-order valence-electron chi connectivity index (χ1n) is 4.44. The summed E-state index contributed by atoms with van der Waals surface area (Å²) < 4.78 is 0.981. The van der Waals surface area contributed by atoms with E-state index in [1.165, 1.54) is 25.6 Å². The van der Waals surface area contributed by atoms with Crippen LogP contribution in [0.25, 0.3) is 0 Å². The Morgan fingerprint density at radius 1 is 1.13 bits per heavy atom. The van der Waals surface area contributed by atoms with Gasteiger partial charge in [0.1, 0.15) is 5.25 Å². The van der Waals surface area contributed by atoms with E-state index < -0.39 is 5.25 Å². The molecular formula is C11H11BrO2S. The molecule has 0 heterocycles. The fraction of sp³-hybridized carbons (Fsp3) is 0.273. The lowest BCUT2D eigenvalue weighted by Crippen LogP contribution is -2.21. The van der Waals surface area contributed by atoms with Gasteiger partial charge in [-0.15, -0.1) is 11.8 Å². The van der Waals surface area contributed by atoms with Crippen molar-refractivity contribution < 1.29 is 9.59 Å². The number of Topliss-reactive ketones (excluding diaryl/α,β-unsaturated/α-hetero) is 2. The Hall–Kier alpha value is -0.610. The Morgan fingerprint density at radius 3 is 2.00 bits per heavy atom. The summed E-state index contributed by atoms with van der Waals surface area (Å²) in [6.45, 7) is 2.88. The molecule has 0 radical (unpaired) electrons. The van der Waals surface area contributed by atoms with Crippen LogP contribution in [-0.4, -0.2) is 16.8 Å². The summed E-state index contributed by atoms with van der Waals surface area (Å²) in [5.74, 6) is -0.203. The lowest BCUT2D eigenvalue weighted by Gasteiger charge is -2.09. The van der Waals surface area contributed by atoms with Crippen molar-refractivity contribution in [2.45, 2.75) is 24.0 Å². The van der Waals surface area contributed by atoms with Gasteiger partial charge in [0.25, 0.3) is 0 Å². The van der Waals surface area contributed by atoms with Crippen LogP contribution in [0.3, 0.4) is 0 Å². The van der Waals surface area contributed by atoms with Crippen LogP contribution in [0, 0.1) is 0 Å². The van der Waals surface area contributed by atoms with Crippen LogP contribution in [0.2, 0.25) is 0 Å². The van der Waals surface area contributed by atoms with Crippen molar-refractivity contribution in [1.29, 1.82) is 0 Å². The Kier molecular flexibility index (Phi) is 4.54. The molecule has 0 aromatic heterocycles. The maximum atomic E-state index is 11.2. The van der Waals surface area contributed by atoms with Crippen molar-refractivity contribution in [1.82, 2.24) is 0 Å². The van der Waals surface area contributed by atoms with E-state index in [1.807, 2.05) is 24.3 Å². The highest BCUT2D eigenvalue weighted by atomic mass is 79.9. The highest BCUT2D eigenvalue weighted by molar-refractivity contribution is 9.10. The molecule has 0 saturated heterocycles. The largest absolute Gasteiger partial charge is 0.298 e. The minimum absolute atomic E-state index is 0.101. The molecule has 0 unspecified atom stereocenters. The van der Waals surface area contributed by atoms with Crippen LogP contribution in [0.5, 0.6) is 0 Å². The molecule has 0 aliphatic carbocycles. The molecule has 0 spiro atoms. The second kappa shape index (κ2) is 5.47. The molecule has 0 aliphatic rings. The molecular weight excluding hydrogens is 276 g/mol. The summed E-state index contributed by atoms with van der Waals surface area (Å²) >= 11 is 4.62. The third-order valence-electron chi connectivity index (χ3n) is 1.81. The number of ketones is 2. The standard InChI is InChI=1S/C11H11BrO2S/c1-7(13)11(8(2)14)15-10-5-3-9(12)4-6-10/h3-6,11H,1-2H3. The zero-order valence-corrected chi connectivity index (χ0v) is 10.9. The highest BCUT2D eigenvalue weighted by Crippen LogP contribution is 2.25. The summed E-state index contributed by atoms with van der Waals surface area (Å²) in [6, 6.07) is 7.54. The fourth-order valence-electron chi connectivity index (χ4n) is 1.10. The molecule has 80 valence electrons. The van der Waals surface area contributed by atoms with Gasteiger partial charge in [-0.05, 0) is 38.1 Å². The first-order valence-corrected chi connectivity index (χ1v) is 6.11. The van der Waals surface area contributed by atoms with Crippen LogP contribution < -0.4 is 0 Å². The second-order valence-electron chi connectivity index (χ2n) is 3.17. The maximum absolute atomic E-state index is 11.2. The number of hydrogen-bond acceptors (Lipinski definition) is 3. The van der Waals surface area contributed by atoms with E-state index in [4.69, 9.17) is 0 Å². The zero-order chi connectivity index (χ0) is 11.4. The Morgan fingerprint density at radius 2 is 1.60 bits per heavy atom. The normalized spacial score (nSPS) is 10.4. The van der Waals surface area contributed by atoms with Crippen LogP contribution >= 0.6 is 27.7 Å². The maximum Gasteiger partial charge on any atom is 0.150 e. The second-order valence-corrected chi connectivity index (χ2v) is 5.27. The van der Waals surface area contributed by atoms with Gasteiger partial charge in [-0.3, -0.25) is 9.59 Å². The third kappa shape index (κ3) is 3.80. The number of carbonyl (C=O) groups is 2. The van der Waals surface area contributed by atoms with Gasteiger partial charge in [-0.25, -0.2) is 0 Å². The molecule has 2 nitrogen and oxygen atoms in total. The Balaban J connectivity index is 2.79. The third-order valence-corrected chi connectivity index (χ3v) is 3.78. The van der Waals surface area contributed by atoms with Crippen LogP contribution in [0.15, 0.2) is 33.6 Å². The molecule has 0 fully saturated rings. The Labute approximate surface area is 102 Å². The first-order chi connectivity index (χ1) is 7.00. The fourth-order valence-corrected chi connectivity index (χ4v) is 2.26. The quantitative estimate of drug-likeness (QED) is 0.630. The van der Waals surface area contributed by atoms with Crippen molar-refractivity contribution in [3.63, 3.8) is 0 Å². The molecule has 0 amide bonds. The number of hydrogen-bond donors (Lipinski definition) is 0. The molecule has 0 saturated carbocycles. The van der Waals surface area contributed by atoms with E-state index in [0.29, 0.717) is 0 Å². The average Bonchev–Trinajstić information content (AvgIpc) is 2.15. The summed E-state index contributed by atoms with van der Waals surface area (Å²) in [7, 11) is 0. The van der Waals surface area contributed by atoms with Crippen molar-refractivity contribution in [2.24, 2.45) is 0 Å². The molecule has 15 heavy (non-hydrogen) atoms. The molecule has 0 bridgehead atoms. The number of thioether (sulfide) groups is 1. The van der Waals surface area contributed by atoms with Gasteiger partial charge in [0, 0.05) is 9.37 Å². The van der Waals surface area contributed by atoms with Crippen molar-refractivity contribution in [3.8, 4) is 0 Å². The molecule has 1 aromatic rings. The van der Waals surface area contributed by atoms with Gasteiger partial charge in [-0.2, -0.15) is 0 Å². The summed E-state index contributed by atoms with van der Waals surface area (Å²) in [6.07, 6.45) is 0. The molecule has 0 atom stereocenters. The lowest BCUT2D eigenvalue weighted by molar-refractivity contribution is -0.123. The van der Waals surface area contributed by atoms with E-state index in [9.17, 15) is 9.59 Å². The molecule has 1 rings (SSSR count). The predicted molar refractivity (Wildman–Crippen MR) is 65.1 cm³/mol. The van der Waals surface area contributed by atoms with E-state index in [-0.39, 0.29) is 11.6 Å². The van der Waals surface area contributed by atoms with Crippen LogP contribution in [0.4, 0.5) is 0 Å². The molecule has 0 N–H and O–H groups in total. The molecule has 0 aliphatic heterocycles. The van der Waals surface area contributed by atoms with Gasteiger partial charge in [-0.1, -0.05) is 15.9 Å². The minimum atomic E-state index is -0.578. The monoisotopic (exact) mass is 286 g/mol. The van der Waals surface area contributed by atoms with Crippen molar-refractivity contribution in [3.05, 3.63) is 28.7 Å². The Bertz CT molecular complexity index is 359. The summed E-state index contributed by atoms with van der Waals surface area (Å²) in [5.41, 5.74) is 0. The smallest absolute Gasteiger partial charge is 0.150 e. The van der Waals surface area contributed by atoms with Crippen molar-refractivity contribution in [2.75, 3.05) is 0 Å². The van der Waals surface area contributed by atoms with Gasteiger partial charge in [0.15, 0.2) is 11.6 Å². The molecule has 4 heteroatoms. The number of halogens is 1. The number of carbonyl (C=O) groups excluding carboxylic acids is 2. The number of rotatable bonds is 4. The predicted octanol–water partition coefficient (Wildman–Crippen LogP) is 3.09. The average molecular weight is 287 g/mol. The van der Waals surface area contributed by atoms with Crippen molar-refractivity contribution >= 4 is 39.3 Å². The minimum Gasteiger partial charge on any atom is -0.298 e. The van der Waals surface area contributed by atoms with E-state index >= 15 is 0 Å². The summed E-state index contributed by atoms with van der Waals surface area (Å²) in [4.78, 5) is 23.3. The van der Waals surface area contributed by atoms with Crippen LogP contribution in [0.1, 0.15) is 13.8 Å². The first kappa shape index (κ1) is 12.5. The van der Waals surface area contributed by atoms with Gasteiger partial charge >= 0.3 is 0 Å². The molecule has 1 aromatic carbocycles. The topological polar surface area (TPSA) is 34.1 Å². The summed E-state index contributed by atoms with van der Waals surface area (Å²) in [5, 5.41) is -0.578. The highest BCUT2D eigenvalue weighted by Gasteiger charge is 2.20. The van der Waals surface area contributed by atoms with Gasteiger partial charge < -0.3 is 0 Å². The van der Waals surface area contributed by atoms with E-state index in [1.54, 1.807) is 0 Å². The van der Waals surface area contributed by atoms with Gasteiger partial charge in [0.05, 0.1) is 0 Å². The zero-order valence-electron chi connectivity index (χ0n) is 8.49. The van der Waals surface area contributed by atoms with Gasteiger partial charge in [0.2, 0.25) is 0 Å².